The predicted molar refractivity (Wildman–Crippen MR) is 115 cm³/mol. The van der Waals surface area contributed by atoms with Gasteiger partial charge in [-0.1, -0.05) is 6.07 Å². The monoisotopic (exact) mass is 421 g/mol. The molecule has 1 heterocycles. The molecule has 0 saturated carbocycles. The summed E-state index contributed by atoms with van der Waals surface area (Å²) in [7, 11) is 0. The highest BCUT2D eigenvalue weighted by molar-refractivity contribution is 5.97. The number of rotatable bonds is 6. The topological polar surface area (TPSA) is 128 Å². The summed E-state index contributed by atoms with van der Waals surface area (Å²) in [6, 6.07) is 14.1. The second kappa shape index (κ2) is 9.71. The normalized spacial score (nSPS) is 14.9. The first kappa shape index (κ1) is 21.8. The van der Waals surface area contributed by atoms with Gasteiger partial charge in [-0.05, 0) is 50.1 Å². The van der Waals surface area contributed by atoms with E-state index in [0.717, 1.165) is 31.6 Å². The van der Waals surface area contributed by atoms with Crippen molar-refractivity contribution >= 4 is 23.2 Å². The van der Waals surface area contributed by atoms with E-state index >= 15 is 0 Å². The lowest BCUT2D eigenvalue weighted by Crippen LogP contribution is -2.51. The maximum atomic E-state index is 12.5. The summed E-state index contributed by atoms with van der Waals surface area (Å²) < 4.78 is 0. The number of hydrogen-bond acceptors (Lipinski definition) is 6. The van der Waals surface area contributed by atoms with Crippen LogP contribution in [0.4, 0.5) is 11.4 Å². The molecule has 9 nitrogen and oxygen atoms in total. The zero-order valence-corrected chi connectivity index (χ0v) is 17.1. The molecule has 0 aromatic heterocycles. The van der Waals surface area contributed by atoms with Crippen LogP contribution in [0.3, 0.4) is 0 Å². The van der Waals surface area contributed by atoms with Gasteiger partial charge in [-0.15, -0.1) is 0 Å². The SMILES string of the molecule is CC(NC(=O)c1cccc([N+](=O)[O-])c1)C(=O)NC1CCN(c2ccc(C#N)cc2)CC1. The summed E-state index contributed by atoms with van der Waals surface area (Å²) in [6.45, 7) is 3.12. The van der Waals surface area contributed by atoms with Crippen LogP contribution in [0.15, 0.2) is 48.5 Å². The quantitative estimate of drug-likeness (QED) is 0.544. The molecular formula is C22H23N5O4. The number of nitriles is 1. The number of benzene rings is 2. The van der Waals surface area contributed by atoms with E-state index in [1.54, 1.807) is 19.1 Å². The third-order valence-electron chi connectivity index (χ3n) is 5.26. The maximum Gasteiger partial charge on any atom is 0.270 e. The van der Waals surface area contributed by atoms with E-state index in [1.807, 2.05) is 12.1 Å². The van der Waals surface area contributed by atoms with E-state index in [9.17, 15) is 19.7 Å². The number of piperidine rings is 1. The number of nitro groups is 1. The molecule has 1 saturated heterocycles. The van der Waals surface area contributed by atoms with Crippen molar-refractivity contribution in [1.29, 1.82) is 5.26 Å². The smallest absolute Gasteiger partial charge is 0.270 e. The molecule has 0 spiro atoms. The van der Waals surface area contributed by atoms with Crippen molar-refractivity contribution in [3.8, 4) is 6.07 Å². The van der Waals surface area contributed by atoms with Crippen LogP contribution >= 0.6 is 0 Å². The van der Waals surface area contributed by atoms with Crippen molar-refractivity contribution in [1.82, 2.24) is 10.6 Å². The first-order chi connectivity index (χ1) is 14.9. The van der Waals surface area contributed by atoms with E-state index in [4.69, 9.17) is 5.26 Å². The molecule has 1 aliphatic heterocycles. The number of hydrogen-bond donors (Lipinski definition) is 2. The first-order valence-electron chi connectivity index (χ1n) is 9.98. The first-order valence-corrected chi connectivity index (χ1v) is 9.98. The maximum absolute atomic E-state index is 12.5. The zero-order valence-electron chi connectivity index (χ0n) is 17.1. The summed E-state index contributed by atoms with van der Waals surface area (Å²) in [6.07, 6.45) is 1.52. The molecule has 3 rings (SSSR count). The minimum atomic E-state index is -0.775. The molecule has 0 radical (unpaired) electrons. The molecule has 1 aliphatic rings. The second-order valence-corrected chi connectivity index (χ2v) is 7.43. The van der Waals surface area contributed by atoms with Gasteiger partial charge < -0.3 is 15.5 Å². The number of nitrogens with zero attached hydrogens (tertiary/aromatic N) is 3. The zero-order chi connectivity index (χ0) is 22.4. The molecular weight excluding hydrogens is 398 g/mol. The Bertz CT molecular complexity index is 1010. The van der Waals surface area contributed by atoms with Gasteiger partial charge in [-0.2, -0.15) is 5.26 Å². The number of carbonyl (C=O) groups excluding carboxylic acids is 2. The average Bonchev–Trinajstić information content (AvgIpc) is 2.79. The second-order valence-electron chi connectivity index (χ2n) is 7.43. The Hall–Kier alpha value is -3.93. The molecule has 1 unspecified atom stereocenters. The van der Waals surface area contributed by atoms with Gasteiger partial charge in [0.25, 0.3) is 11.6 Å². The Balaban J connectivity index is 1.49. The van der Waals surface area contributed by atoms with Crippen LogP contribution in [0.1, 0.15) is 35.7 Å². The summed E-state index contributed by atoms with van der Waals surface area (Å²) >= 11 is 0. The van der Waals surface area contributed by atoms with Crippen molar-refractivity contribution < 1.29 is 14.5 Å². The van der Waals surface area contributed by atoms with Crippen molar-refractivity contribution in [3.63, 3.8) is 0 Å². The van der Waals surface area contributed by atoms with Gasteiger partial charge in [0.15, 0.2) is 0 Å². The molecule has 0 bridgehead atoms. The molecule has 9 heteroatoms. The van der Waals surface area contributed by atoms with Crippen molar-refractivity contribution in [2.75, 3.05) is 18.0 Å². The molecule has 2 aromatic rings. The fourth-order valence-corrected chi connectivity index (χ4v) is 3.46. The number of nitrogens with one attached hydrogen (secondary N) is 2. The van der Waals surface area contributed by atoms with Gasteiger partial charge >= 0.3 is 0 Å². The van der Waals surface area contributed by atoms with Crippen LogP contribution in [0.25, 0.3) is 0 Å². The Labute approximate surface area is 179 Å². The minimum absolute atomic E-state index is 0.000651. The van der Waals surface area contributed by atoms with Gasteiger partial charge in [0, 0.05) is 42.5 Å². The largest absolute Gasteiger partial charge is 0.371 e. The van der Waals surface area contributed by atoms with E-state index in [2.05, 4.69) is 21.6 Å². The number of nitro benzene ring substituents is 1. The highest BCUT2D eigenvalue weighted by Crippen LogP contribution is 2.20. The Morgan fingerprint density at radius 1 is 1.19 bits per heavy atom. The molecule has 31 heavy (non-hydrogen) atoms. The van der Waals surface area contributed by atoms with Gasteiger partial charge in [0.2, 0.25) is 5.91 Å². The van der Waals surface area contributed by atoms with Crippen LogP contribution in [-0.4, -0.2) is 41.9 Å². The molecule has 0 aliphatic carbocycles. The fraction of sp³-hybridized carbons (Fsp3) is 0.318. The number of amides is 2. The standard InChI is InChI=1S/C22H23N5O4/c1-15(24-22(29)17-3-2-4-20(13-17)27(30)31)21(28)25-18-9-11-26(12-10-18)19-7-5-16(14-23)6-8-19/h2-8,13,15,18H,9-12H2,1H3,(H,24,29)(H,25,28). The summed E-state index contributed by atoms with van der Waals surface area (Å²) in [4.78, 5) is 37.3. The molecule has 2 N–H and O–H groups in total. The molecule has 1 atom stereocenters. The van der Waals surface area contributed by atoms with Crippen LogP contribution in [-0.2, 0) is 4.79 Å². The van der Waals surface area contributed by atoms with Gasteiger partial charge in [0.05, 0.1) is 16.6 Å². The average molecular weight is 421 g/mol. The van der Waals surface area contributed by atoms with Gasteiger partial charge in [0.1, 0.15) is 6.04 Å². The lowest BCUT2D eigenvalue weighted by Gasteiger charge is -2.34. The number of carbonyl (C=O) groups is 2. The van der Waals surface area contributed by atoms with E-state index < -0.39 is 16.9 Å². The lowest BCUT2D eigenvalue weighted by atomic mass is 10.0. The van der Waals surface area contributed by atoms with Gasteiger partial charge in [-0.25, -0.2) is 0 Å². The molecule has 2 amide bonds. The van der Waals surface area contributed by atoms with E-state index in [0.29, 0.717) is 5.56 Å². The third kappa shape index (κ3) is 5.57. The van der Waals surface area contributed by atoms with Gasteiger partial charge in [-0.3, -0.25) is 19.7 Å². The Morgan fingerprint density at radius 3 is 2.48 bits per heavy atom. The highest BCUT2D eigenvalue weighted by atomic mass is 16.6. The fourth-order valence-electron chi connectivity index (χ4n) is 3.46. The van der Waals surface area contributed by atoms with Crippen LogP contribution in [0.5, 0.6) is 0 Å². The van der Waals surface area contributed by atoms with Crippen LogP contribution in [0, 0.1) is 21.4 Å². The Morgan fingerprint density at radius 2 is 1.87 bits per heavy atom. The lowest BCUT2D eigenvalue weighted by molar-refractivity contribution is -0.384. The summed E-state index contributed by atoms with van der Waals surface area (Å²) in [5, 5.41) is 25.3. The molecule has 1 fully saturated rings. The van der Waals surface area contributed by atoms with Crippen LogP contribution in [0.2, 0.25) is 0 Å². The highest BCUT2D eigenvalue weighted by Gasteiger charge is 2.24. The number of anilines is 1. The molecule has 2 aromatic carbocycles. The Kier molecular flexibility index (Phi) is 6.82. The minimum Gasteiger partial charge on any atom is -0.371 e. The van der Waals surface area contributed by atoms with E-state index in [-0.39, 0.29) is 23.2 Å². The summed E-state index contributed by atoms with van der Waals surface area (Å²) in [5.74, 6) is -0.836. The van der Waals surface area contributed by atoms with Crippen molar-refractivity contribution in [2.24, 2.45) is 0 Å². The van der Waals surface area contributed by atoms with Crippen LogP contribution < -0.4 is 15.5 Å². The van der Waals surface area contributed by atoms with Crippen molar-refractivity contribution in [3.05, 3.63) is 69.8 Å². The third-order valence-corrected chi connectivity index (χ3v) is 5.26. The molecule has 160 valence electrons. The van der Waals surface area contributed by atoms with E-state index in [1.165, 1.54) is 24.3 Å². The van der Waals surface area contributed by atoms with Crippen molar-refractivity contribution in [2.45, 2.75) is 31.8 Å². The number of non-ortho nitro benzene ring substituents is 1. The predicted octanol–water partition coefficient (Wildman–Crippen LogP) is 2.37. The summed E-state index contributed by atoms with van der Waals surface area (Å²) in [5.41, 5.74) is 1.61.